The number of β-lactam (4-membered cyclic amide) rings is 1. The number of aromatic nitrogens is 5. The van der Waals surface area contributed by atoms with Crippen molar-refractivity contribution in [2.75, 3.05) is 17.2 Å². The van der Waals surface area contributed by atoms with Crippen molar-refractivity contribution in [3.8, 4) is 11.5 Å². The largest absolute Gasteiger partial charge is 0.504 e. The van der Waals surface area contributed by atoms with Gasteiger partial charge in [-0.1, -0.05) is 5.16 Å². The number of nitrogens with one attached hydrogen (secondary N) is 3. The highest BCUT2D eigenvalue weighted by molar-refractivity contribution is 8.01. The van der Waals surface area contributed by atoms with E-state index in [-0.39, 0.29) is 39.4 Å². The second kappa shape index (κ2) is 15.1. The number of carboxylic acid groups (broad SMARTS) is 2. The van der Waals surface area contributed by atoms with Gasteiger partial charge in [0.25, 0.3) is 35.2 Å². The van der Waals surface area contributed by atoms with E-state index in [0.717, 1.165) is 40.1 Å². The van der Waals surface area contributed by atoms with Crippen LogP contribution < -0.4 is 21.9 Å². The first-order chi connectivity index (χ1) is 26.0. The van der Waals surface area contributed by atoms with Gasteiger partial charge in [0.2, 0.25) is 5.60 Å². The Hall–Kier alpha value is -6.47. The van der Waals surface area contributed by atoms with Crippen LogP contribution in [-0.2, 0) is 24.0 Å². The molecule has 25 heteroatoms. The summed E-state index contributed by atoms with van der Waals surface area (Å²) in [5.74, 6) is -7.39. The van der Waals surface area contributed by atoms with Crippen LogP contribution in [0.2, 0.25) is 0 Å². The minimum Gasteiger partial charge on any atom is -0.504 e. The van der Waals surface area contributed by atoms with Crippen molar-refractivity contribution in [3.05, 3.63) is 64.2 Å². The SMILES string of the molecule is CC(C)(ON=C(C(=O)NC1C(=O)N2C(C(=O)O)=C(CSc3ccnc4nc(C(=O)O)nn34)CS[C@H]12)c1csc(N)n1)C(=O)NNC(=O)c1ccc(O)c(O)c1. The number of thioether (sulfide) groups is 2. The van der Waals surface area contributed by atoms with Crippen molar-refractivity contribution >= 4 is 87.0 Å². The third kappa shape index (κ3) is 7.78. The highest BCUT2D eigenvalue weighted by Gasteiger charge is 2.54. The zero-order valence-electron chi connectivity index (χ0n) is 28.1. The van der Waals surface area contributed by atoms with Gasteiger partial charge < -0.3 is 36.3 Å². The molecule has 2 aliphatic rings. The molecule has 0 spiro atoms. The van der Waals surface area contributed by atoms with Gasteiger partial charge in [-0.05, 0) is 43.7 Å². The lowest BCUT2D eigenvalue weighted by Crippen LogP contribution is -2.71. The van der Waals surface area contributed by atoms with Crippen LogP contribution in [0, 0.1) is 0 Å². The van der Waals surface area contributed by atoms with Gasteiger partial charge in [0.15, 0.2) is 22.3 Å². The average molecular weight is 814 g/mol. The van der Waals surface area contributed by atoms with E-state index in [2.05, 4.69) is 41.4 Å². The summed E-state index contributed by atoms with van der Waals surface area (Å²) in [4.78, 5) is 94.5. The molecule has 1 fully saturated rings. The first-order valence-electron chi connectivity index (χ1n) is 15.4. The summed E-state index contributed by atoms with van der Waals surface area (Å²) >= 11 is 3.30. The van der Waals surface area contributed by atoms with Gasteiger partial charge in [0.05, 0.1) is 0 Å². The molecule has 4 aromatic rings. The highest BCUT2D eigenvalue weighted by Crippen LogP contribution is 2.41. The lowest BCUT2D eigenvalue weighted by atomic mass is 10.0. The maximum atomic E-state index is 13.6. The minimum absolute atomic E-state index is 0.0305. The number of aromatic carboxylic acids is 1. The number of fused-ring (bicyclic) bond motifs is 2. The molecule has 5 heterocycles. The average Bonchev–Trinajstić information content (AvgIpc) is 3.79. The van der Waals surface area contributed by atoms with Gasteiger partial charge in [0, 0.05) is 28.6 Å². The molecule has 55 heavy (non-hydrogen) atoms. The number of thiazole rings is 1. The molecule has 286 valence electrons. The Balaban J connectivity index is 1.14. The fraction of sp³-hybridized carbons (Fsp3) is 0.233. The molecule has 3 aromatic heterocycles. The van der Waals surface area contributed by atoms with Crippen LogP contribution in [0.1, 0.15) is 40.5 Å². The number of benzene rings is 1. The number of nitrogens with zero attached hydrogens (tertiary/aromatic N) is 7. The van der Waals surface area contributed by atoms with Crippen molar-refractivity contribution in [2.45, 2.75) is 35.9 Å². The molecule has 22 nitrogen and oxygen atoms in total. The number of rotatable bonds is 12. The molecule has 0 saturated carbocycles. The molecule has 4 amide bonds. The van der Waals surface area contributed by atoms with E-state index >= 15 is 0 Å². The number of hydrogen-bond acceptors (Lipinski definition) is 18. The van der Waals surface area contributed by atoms with Gasteiger partial charge in [-0.3, -0.25) is 34.9 Å². The number of nitrogens with two attached hydrogens (primary N) is 1. The second-order valence-corrected chi connectivity index (χ2v) is 14.9. The Morgan fingerprint density at radius 2 is 1.85 bits per heavy atom. The first-order valence-corrected chi connectivity index (χ1v) is 18.4. The molecule has 2 atom stereocenters. The predicted molar refractivity (Wildman–Crippen MR) is 192 cm³/mol. The Bertz CT molecular complexity index is 2340. The lowest BCUT2D eigenvalue weighted by Gasteiger charge is -2.49. The zero-order chi connectivity index (χ0) is 39.8. The monoisotopic (exact) mass is 813 g/mol. The van der Waals surface area contributed by atoms with E-state index < -0.39 is 75.6 Å². The summed E-state index contributed by atoms with van der Waals surface area (Å²) in [7, 11) is 0. The number of carbonyl (C=O) groups excluding carboxylic acids is 4. The van der Waals surface area contributed by atoms with E-state index in [9.17, 15) is 49.2 Å². The maximum absolute atomic E-state index is 13.6. The molecule has 1 aromatic carbocycles. The molecule has 1 saturated heterocycles. The summed E-state index contributed by atoms with van der Waals surface area (Å²) in [5, 5.41) is 49.8. The van der Waals surface area contributed by atoms with Gasteiger partial charge in [-0.2, -0.15) is 9.50 Å². The molecule has 1 unspecified atom stereocenters. The fourth-order valence-electron chi connectivity index (χ4n) is 4.94. The summed E-state index contributed by atoms with van der Waals surface area (Å²) in [6.45, 7) is 2.54. The number of oxime groups is 1. The van der Waals surface area contributed by atoms with E-state index in [1.165, 1.54) is 47.8 Å². The molecule has 2 aliphatic heterocycles. The van der Waals surface area contributed by atoms with Gasteiger partial charge >= 0.3 is 11.9 Å². The number of amides is 4. The summed E-state index contributed by atoms with van der Waals surface area (Å²) in [6, 6.07) is 3.61. The second-order valence-electron chi connectivity index (χ2n) is 11.9. The summed E-state index contributed by atoms with van der Waals surface area (Å²) < 4.78 is 1.21. The molecule has 9 N–H and O–H groups in total. The number of phenolic OH excluding ortho intramolecular Hbond substituents is 2. The van der Waals surface area contributed by atoms with Crippen molar-refractivity contribution in [3.63, 3.8) is 0 Å². The third-order valence-corrected chi connectivity index (χ3v) is 10.9. The van der Waals surface area contributed by atoms with Crippen LogP contribution in [0.5, 0.6) is 11.5 Å². The van der Waals surface area contributed by atoms with Crippen LogP contribution in [0.4, 0.5) is 5.13 Å². The van der Waals surface area contributed by atoms with E-state index in [0.29, 0.717) is 10.6 Å². The number of phenols is 2. The fourth-order valence-corrected chi connectivity index (χ4v) is 7.93. The number of aliphatic carboxylic acids is 1. The molecule has 6 rings (SSSR count). The summed E-state index contributed by atoms with van der Waals surface area (Å²) in [6.07, 6.45) is 1.40. The number of carbonyl (C=O) groups is 6. The quantitative estimate of drug-likeness (QED) is 0.0229. The number of nitrogen functional groups attached to an aromatic ring is 1. The van der Waals surface area contributed by atoms with E-state index in [4.69, 9.17) is 10.6 Å². The standard InChI is InChI=1S/C30H27N11O11S3/c1-30(2,27(51)37-36-21(44)11-3-4-14(42)15(43)7-11)52-39-17(13-10-55-28(31)33-13)22(45)34-18-23(46)40-19(25(47)48)12(9-54-24(18)40)8-53-16-5-6-32-29-35-20(26(49)50)38-41(16)29/h3-7,10,18,24,42-43H,8-9H2,1-2H3,(H2,31,33)(H,34,45)(H,36,44)(H,37,51)(H,47,48)(H,49,50)/t18?,24-/m1/s1. The van der Waals surface area contributed by atoms with Crippen molar-refractivity contribution in [1.29, 1.82) is 0 Å². The highest BCUT2D eigenvalue weighted by atomic mass is 32.2. The number of hydrogen-bond donors (Lipinski definition) is 8. The lowest BCUT2D eigenvalue weighted by molar-refractivity contribution is -0.150. The van der Waals surface area contributed by atoms with Crippen LogP contribution in [0.3, 0.4) is 0 Å². The first kappa shape index (κ1) is 38.3. The Kier molecular flexibility index (Phi) is 10.5. The number of anilines is 1. The summed E-state index contributed by atoms with van der Waals surface area (Å²) in [5.41, 5.74) is 7.69. The Morgan fingerprint density at radius 3 is 2.53 bits per heavy atom. The molecular weight excluding hydrogens is 787 g/mol. The van der Waals surface area contributed by atoms with Crippen molar-refractivity contribution < 1.29 is 54.0 Å². The van der Waals surface area contributed by atoms with Crippen LogP contribution >= 0.6 is 34.9 Å². The third-order valence-electron chi connectivity index (χ3n) is 7.75. The van der Waals surface area contributed by atoms with Gasteiger partial charge in [0.1, 0.15) is 27.8 Å². The number of carboxylic acids is 2. The van der Waals surface area contributed by atoms with E-state index in [1.54, 1.807) is 6.07 Å². The molecular formula is C30H27N11O11S3. The normalized spacial score (nSPS) is 16.9. The number of aromatic hydroxyl groups is 2. The molecule has 0 bridgehead atoms. The number of hydrazine groups is 1. The predicted octanol–water partition coefficient (Wildman–Crippen LogP) is -0.236. The van der Waals surface area contributed by atoms with Gasteiger partial charge in [-0.15, -0.1) is 40.0 Å². The van der Waals surface area contributed by atoms with Gasteiger partial charge in [-0.25, -0.2) is 19.6 Å². The van der Waals surface area contributed by atoms with Crippen LogP contribution in [0.25, 0.3) is 5.78 Å². The van der Waals surface area contributed by atoms with Crippen molar-refractivity contribution in [1.82, 2.24) is 45.6 Å². The van der Waals surface area contributed by atoms with Crippen LogP contribution in [-0.4, -0.2) is 120 Å². The smallest absolute Gasteiger partial charge is 0.375 e. The van der Waals surface area contributed by atoms with Crippen LogP contribution in [0.15, 0.2) is 57.3 Å². The topological polar surface area (TPSA) is 326 Å². The minimum atomic E-state index is -1.83. The molecule has 0 radical (unpaired) electrons. The zero-order valence-corrected chi connectivity index (χ0v) is 30.6. The molecule has 0 aliphatic carbocycles. The van der Waals surface area contributed by atoms with Crippen molar-refractivity contribution in [2.24, 2.45) is 5.16 Å². The maximum Gasteiger partial charge on any atom is 0.375 e. The van der Waals surface area contributed by atoms with E-state index in [1.807, 2.05) is 0 Å². The Labute approximate surface area is 319 Å². The Morgan fingerprint density at radius 1 is 1.09 bits per heavy atom.